The van der Waals surface area contributed by atoms with Gasteiger partial charge in [-0.1, -0.05) is 56.5 Å². The molecule has 1 aromatic rings. The lowest BCUT2D eigenvalue weighted by atomic mass is 10.1. The number of ether oxygens (including phenoxy) is 1. The summed E-state index contributed by atoms with van der Waals surface area (Å²) < 4.78 is 6.00. The van der Waals surface area contributed by atoms with Crippen LogP contribution in [-0.4, -0.2) is 11.3 Å². The first-order valence-corrected chi connectivity index (χ1v) is 7.94. The summed E-state index contributed by atoms with van der Waals surface area (Å²) in [4.78, 5) is 10.8. The summed E-state index contributed by atoms with van der Waals surface area (Å²) in [5, 5.41) is -0.250. The number of carbonyl (C=O) groups is 1. The van der Waals surface area contributed by atoms with Gasteiger partial charge in [-0.3, -0.25) is 4.79 Å². The molecule has 0 saturated heterocycles. The molecule has 1 aromatic carbocycles. The normalized spacial score (nSPS) is 12.3. The van der Waals surface area contributed by atoms with Gasteiger partial charge in [-0.25, -0.2) is 0 Å². The number of hydrogen-bond acceptors (Lipinski definition) is 2. The Labute approximate surface area is 127 Å². The van der Waals surface area contributed by atoms with Crippen molar-refractivity contribution in [1.29, 1.82) is 0 Å². The summed E-state index contributed by atoms with van der Waals surface area (Å²) in [7, 11) is 0. The zero-order valence-corrected chi connectivity index (χ0v) is 13.1. The van der Waals surface area contributed by atoms with Crippen molar-refractivity contribution in [3.63, 3.8) is 0 Å². The van der Waals surface area contributed by atoms with E-state index in [0.29, 0.717) is 13.0 Å². The van der Waals surface area contributed by atoms with E-state index in [1.54, 1.807) is 0 Å². The Morgan fingerprint density at radius 3 is 2.50 bits per heavy atom. The van der Waals surface area contributed by atoms with E-state index in [4.69, 9.17) is 16.3 Å². The number of halogens is 1. The maximum absolute atomic E-state index is 10.8. The van der Waals surface area contributed by atoms with Crippen LogP contribution in [0, 0.1) is 0 Å². The maximum Gasteiger partial charge on any atom is 0.221 e. The molecule has 0 fully saturated rings. The number of unbranched alkanes of at least 4 members (excludes halogenated alkanes) is 2. The highest BCUT2D eigenvalue weighted by atomic mass is 35.5. The second kappa shape index (κ2) is 10.9. The molecule has 0 heterocycles. The van der Waals surface area contributed by atoms with Crippen LogP contribution >= 0.6 is 11.6 Å². The molecule has 1 unspecified atom stereocenters. The fourth-order valence-electron chi connectivity index (χ4n) is 2.19. The maximum atomic E-state index is 10.8. The lowest BCUT2D eigenvalue weighted by Gasteiger charge is -2.17. The van der Waals surface area contributed by atoms with Gasteiger partial charge in [0.2, 0.25) is 5.24 Å². The molecule has 2 nitrogen and oxygen atoms in total. The van der Waals surface area contributed by atoms with E-state index in [1.165, 1.54) is 24.8 Å². The molecule has 1 rings (SSSR count). The molecular weight excluding hydrogens is 272 g/mol. The highest BCUT2D eigenvalue weighted by molar-refractivity contribution is 6.63. The number of benzene rings is 1. The van der Waals surface area contributed by atoms with Crippen LogP contribution in [0.25, 0.3) is 0 Å². The molecule has 112 valence electrons. The van der Waals surface area contributed by atoms with E-state index < -0.39 is 0 Å². The zero-order valence-electron chi connectivity index (χ0n) is 12.3. The molecule has 0 bridgehead atoms. The van der Waals surface area contributed by atoms with Gasteiger partial charge in [0.15, 0.2) is 0 Å². The van der Waals surface area contributed by atoms with Crippen LogP contribution in [0.3, 0.4) is 0 Å². The zero-order chi connectivity index (χ0) is 14.6. The standard InChI is InChI=1S/C17H25ClO2/c1-2-3-5-11-16(12-8-13-17(18)19)20-14-15-9-6-4-7-10-15/h4,6-7,9-10,16H,2-3,5,8,11-14H2,1H3. The van der Waals surface area contributed by atoms with Crippen LogP contribution in [0.1, 0.15) is 57.4 Å². The topological polar surface area (TPSA) is 26.3 Å². The molecule has 3 heteroatoms. The second-order valence-corrected chi connectivity index (χ2v) is 5.58. The first-order valence-electron chi connectivity index (χ1n) is 7.56. The van der Waals surface area contributed by atoms with Gasteiger partial charge in [0.25, 0.3) is 0 Å². The number of rotatable bonds is 11. The van der Waals surface area contributed by atoms with Crippen molar-refractivity contribution in [3.05, 3.63) is 35.9 Å². The Balaban J connectivity index is 2.34. The van der Waals surface area contributed by atoms with Gasteiger partial charge in [-0.2, -0.15) is 0 Å². The predicted octanol–water partition coefficient (Wildman–Crippen LogP) is 5.09. The van der Waals surface area contributed by atoms with E-state index in [0.717, 1.165) is 19.3 Å². The lowest BCUT2D eigenvalue weighted by molar-refractivity contribution is -0.111. The predicted molar refractivity (Wildman–Crippen MR) is 83.9 cm³/mol. The van der Waals surface area contributed by atoms with E-state index in [-0.39, 0.29) is 11.3 Å². The van der Waals surface area contributed by atoms with Gasteiger partial charge in [-0.15, -0.1) is 0 Å². The SMILES string of the molecule is CCCCCC(CCCC(=O)Cl)OCc1ccccc1. The van der Waals surface area contributed by atoms with Gasteiger partial charge in [-0.05, 0) is 36.4 Å². The fraction of sp³-hybridized carbons (Fsp3) is 0.588. The second-order valence-electron chi connectivity index (χ2n) is 5.16. The van der Waals surface area contributed by atoms with Crippen molar-refractivity contribution in [2.75, 3.05) is 0 Å². The van der Waals surface area contributed by atoms with Crippen molar-refractivity contribution in [3.8, 4) is 0 Å². The van der Waals surface area contributed by atoms with Crippen molar-refractivity contribution in [1.82, 2.24) is 0 Å². The molecule has 0 amide bonds. The van der Waals surface area contributed by atoms with Gasteiger partial charge in [0.1, 0.15) is 0 Å². The number of carbonyl (C=O) groups excluding carboxylic acids is 1. The van der Waals surface area contributed by atoms with Gasteiger partial charge in [0, 0.05) is 6.42 Å². The van der Waals surface area contributed by atoms with Gasteiger partial charge in [0.05, 0.1) is 12.7 Å². The summed E-state index contributed by atoms with van der Waals surface area (Å²) in [5.74, 6) is 0. The van der Waals surface area contributed by atoms with Crippen LogP contribution in [-0.2, 0) is 16.1 Å². The Morgan fingerprint density at radius 2 is 1.85 bits per heavy atom. The molecular formula is C17H25ClO2. The highest BCUT2D eigenvalue weighted by Crippen LogP contribution is 2.16. The summed E-state index contributed by atoms with van der Waals surface area (Å²) in [6.07, 6.45) is 7.11. The smallest absolute Gasteiger partial charge is 0.221 e. The largest absolute Gasteiger partial charge is 0.374 e. The van der Waals surface area contributed by atoms with E-state index in [2.05, 4.69) is 19.1 Å². The molecule has 0 aliphatic carbocycles. The quantitative estimate of drug-likeness (QED) is 0.420. The van der Waals surface area contributed by atoms with Crippen molar-refractivity contribution in [2.24, 2.45) is 0 Å². The molecule has 0 spiro atoms. The molecule has 0 aromatic heterocycles. The third-order valence-corrected chi connectivity index (χ3v) is 3.55. The molecule has 1 atom stereocenters. The van der Waals surface area contributed by atoms with E-state index >= 15 is 0 Å². The average Bonchev–Trinajstić information content (AvgIpc) is 2.45. The summed E-state index contributed by atoms with van der Waals surface area (Å²) >= 11 is 5.38. The van der Waals surface area contributed by atoms with Crippen molar-refractivity contribution in [2.45, 2.75) is 64.6 Å². The molecule has 0 aliphatic heterocycles. The molecule has 20 heavy (non-hydrogen) atoms. The van der Waals surface area contributed by atoms with Crippen LogP contribution in [0.2, 0.25) is 0 Å². The third-order valence-electron chi connectivity index (χ3n) is 3.36. The van der Waals surface area contributed by atoms with Gasteiger partial charge >= 0.3 is 0 Å². The Kier molecular flexibility index (Phi) is 9.35. The van der Waals surface area contributed by atoms with Crippen LogP contribution in [0.4, 0.5) is 0 Å². The Morgan fingerprint density at radius 1 is 1.15 bits per heavy atom. The van der Waals surface area contributed by atoms with Gasteiger partial charge < -0.3 is 4.74 Å². The molecule has 0 radical (unpaired) electrons. The first-order chi connectivity index (χ1) is 9.72. The number of hydrogen-bond donors (Lipinski definition) is 0. The van der Waals surface area contributed by atoms with Crippen LogP contribution < -0.4 is 0 Å². The van der Waals surface area contributed by atoms with Crippen molar-refractivity contribution < 1.29 is 9.53 Å². The monoisotopic (exact) mass is 296 g/mol. The Hall–Kier alpha value is -0.860. The summed E-state index contributed by atoms with van der Waals surface area (Å²) in [6, 6.07) is 10.2. The molecule has 0 saturated carbocycles. The van der Waals surface area contributed by atoms with E-state index in [9.17, 15) is 4.79 Å². The minimum atomic E-state index is -0.250. The minimum absolute atomic E-state index is 0.234. The minimum Gasteiger partial charge on any atom is -0.374 e. The van der Waals surface area contributed by atoms with E-state index in [1.807, 2.05) is 18.2 Å². The summed E-state index contributed by atoms with van der Waals surface area (Å²) in [5.41, 5.74) is 1.20. The third kappa shape index (κ3) is 8.34. The Bertz CT molecular complexity index is 365. The highest BCUT2D eigenvalue weighted by Gasteiger charge is 2.10. The van der Waals surface area contributed by atoms with Crippen LogP contribution in [0.5, 0.6) is 0 Å². The van der Waals surface area contributed by atoms with Crippen molar-refractivity contribution >= 4 is 16.8 Å². The fourth-order valence-corrected chi connectivity index (χ4v) is 2.32. The first kappa shape index (κ1) is 17.2. The molecule has 0 N–H and O–H groups in total. The summed E-state index contributed by atoms with van der Waals surface area (Å²) in [6.45, 7) is 2.85. The lowest BCUT2D eigenvalue weighted by Crippen LogP contribution is -2.13. The average molecular weight is 297 g/mol. The van der Waals surface area contributed by atoms with Crippen LogP contribution in [0.15, 0.2) is 30.3 Å². The molecule has 0 aliphatic rings.